The number of para-hydroxylation sites is 1. The third-order valence-electron chi connectivity index (χ3n) is 5.98. The minimum Gasteiger partial charge on any atom is -0.326 e. The summed E-state index contributed by atoms with van der Waals surface area (Å²) in [7, 11) is -3.50. The van der Waals surface area contributed by atoms with Crippen molar-refractivity contribution in [2.45, 2.75) is 37.5 Å². The summed E-state index contributed by atoms with van der Waals surface area (Å²) in [6.45, 7) is 3.37. The van der Waals surface area contributed by atoms with Crippen LogP contribution in [0.1, 0.15) is 31.2 Å². The molecule has 0 bridgehead atoms. The molecule has 0 radical (unpaired) electrons. The second-order valence-electron chi connectivity index (χ2n) is 8.17. The molecule has 2 saturated heterocycles. The van der Waals surface area contributed by atoms with E-state index in [9.17, 15) is 18.0 Å². The maximum atomic E-state index is 12.8. The molecule has 2 aromatic carbocycles. The molecule has 164 valence electrons. The smallest absolute Gasteiger partial charge is 0.243 e. The average Bonchev–Trinajstić information content (AvgIpc) is 3.17. The number of hydrogen-bond acceptors (Lipinski definition) is 4. The molecule has 1 N–H and O–H groups in total. The summed E-state index contributed by atoms with van der Waals surface area (Å²) in [5, 5.41) is 2.82. The van der Waals surface area contributed by atoms with E-state index in [4.69, 9.17) is 0 Å². The summed E-state index contributed by atoms with van der Waals surface area (Å²) >= 11 is 0. The number of rotatable bonds is 5. The van der Waals surface area contributed by atoms with Gasteiger partial charge in [0.25, 0.3) is 0 Å². The number of carbonyl (C=O) groups is 2. The quantitative estimate of drug-likeness (QED) is 0.772. The number of amides is 2. The van der Waals surface area contributed by atoms with Crippen molar-refractivity contribution in [3.05, 3.63) is 54.1 Å². The third kappa shape index (κ3) is 4.50. The highest BCUT2D eigenvalue weighted by atomic mass is 32.2. The van der Waals surface area contributed by atoms with Crippen molar-refractivity contribution in [2.24, 2.45) is 5.92 Å². The van der Waals surface area contributed by atoms with E-state index < -0.39 is 15.9 Å². The van der Waals surface area contributed by atoms with Crippen molar-refractivity contribution < 1.29 is 18.0 Å². The van der Waals surface area contributed by atoms with Gasteiger partial charge < -0.3 is 10.2 Å². The first kappa shape index (κ1) is 21.5. The zero-order valence-electron chi connectivity index (χ0n) is 17.6. The molecular formula is C23H27N3O4S. The molecular weight excluding hydrogens is 414 g/mol. The van der Waals surface area contributed by atoms with Gasteiger partial charge in [0.2, 0.25) is 21.8 Å². The number of benzene rings is 2. The largest absolute Gasteiger partial charge is 0.326 e. The number of sulfonamides is 1. The summed E-state index contributed by atoms with van der Waals surface area (Å²) < 4.78 is 27.0. The maximum Gasteiger partial charge on any atom is 0.243 e. The minimum atomic E-state index is -3.50. The number of anilines is 2. The Bertz CT molecular complexity index is 1080. The van der Waals surface area contributed by atoms with Crippen molar-refractivity contribution in [2.75, 3.05) is 29.9 Å². The Balaban J connectivity index is 1.41. The SMILES string of the molecule is Cc1ccccc1N1C[C@H](C(=O)Nc2ccc(S(=O)(=O)N3CCCCC3)cc2)CC1=O. The molecule has 0 aromatic heterocycles. The van der Waals surface area contributed by atoms with E-state index in [0.29, 0.717) is 25.3 Å². The van der Waals surface area contributed by atoms with Crippen LogP contribution in [-0.4, -0.2) is 44.2 Å². The van der Waals surface area contributed by atoms with E-state index in [1.165, 1.54) is 16.4 Å². The van der Waals surface area contributed by atoms with Crippen molar-refractivity contribution in [1.29, 1.82) is 0 Å². The van der Waals surface area contributed by atoms with E-state index in [1.54, 1.807) is 17.0 Å². The lowest BCUT2D eigenvalue weighted by Crippen LogP contribution is -2.35. The first-order valence-corrected chi connectivity index (χ1v) is 12.1. The highest BCUT2D eigenvalue weighted by Crippen LogP contribution is 2.29. The van der Waals surface area contributed by atoms with Gasteiger partial charge in [0.1, 0.15) is 0 Å². The Hall–Kier alpha value is -2.71. The first-order chi connectivity index (χ1) is 14.9. The van der Waals surface area contributed by atoms with Crippen LogP contribution in [0.15, 0.2) is 53.4 Å². The van der Waals surface area contributed by atoms with E-state index in [0.717, 1.165) is 30.5 Å². The number of nitrogens with zero attached hydrogens (tertiary/aromatic N) is 2. The molecule has 0 aliphatic carbocycles. The molecule has 7 nitrogen and oxygen atoms in total. The molecule has 0 unspecified atom stereocenters. The average molecular weight is 442 g/mol. The number of piperidine rings is 1. The molecule has 2 amide bonds. The topological polar surface area (TPSA) is 86.8 Å². The van der Waals surface area contributed by atoms with Gasteiger partial charge in [0, 0.05) is 37.4 Å². The lowest BCUT2D eigenvalue weighted by atomic mass is 10.1. The van der Waals surface area contributed by atoms with Gasteiger partial charge in [-0.1, -0.05) is 24.6 Å². The predicted octanol–water partition coefficient (Wildman–Crippen LogP) is 3.16. The summed E-state index contributed by atoms with van der Waals surface area (Å²) in [6.07, 6.45) is 2.98. The summed E-state index contributed by atoms with van der Waals surface area (Å²) in [5.74, 6) is -0.766. The predicted molar refractivity (Wildman–Crippen MR) is 119 cm³/mol. The van der Waals surface area contributed by atoms with Crippen LogP contribution in [0.25, 0.3) is 0 Å². The van der Waals surface area contributed by atoms with Crippen LogP contribution in [0.2, 0.25) is 0 Å². The van der Waals surface area contributed by atoms with E-state index in [1.807, 2.05) is 31.2 Å². The van der Waals surface area contributed by atoms with E-state index in [2.05, 4.69) is 5.32 Å². The van der Waals surface area contributed by atoms with Crippen LogP contribution >= 0.6 is 0 Å². The van der Waals surface area contributed by atoms with E-state index in [-0.39, 0.29) is 23.1 Å². The molecule has 8 heteroatoms. The Morgan fingerprint density at radius 1 is 1.00 bits per heavy atom. The van der Waals surface area contributed by atoms with Gasteiger partial charge in [-0.15, -0.1) is 0 Å². The van der Waals surface area contributed by atoms with Crippen molar-refractivity contribution >= 4 is 33.2 Å². The third-order valence-corrected chi connectivity index (χ3v) is 7.89. The highest BCUT2D eigenvalue weighted by molar-refractivity contribution is 7.89. The minimum absolute atomic E-state index is 0.0718. The Morgan fingerprint density at radius 3 is 2.35 bits per heavy atom. The van der Waals surface area contributed by atoms with Gasteiger partial charge in [-0.2, -0.15) is 4.31 Å². The Kier molecular flexibility index (Phi) is 6.11. The van der Waals surface area contributed by atoms with Gasteiger partial charge >= 0.3 is 0 Å². The molecule has 2 fully saturated rings. The maximum absolute atomic E-state index is 12.8. The Labute approximate surface area is 183 Å². The van der Waals surface area contributed by atoms with Crippen LogP contribution in [0.3, 0.4) is 0 Å². The molecule has 2 heterocycles. The number of nitrogens with one attached hydrogen (secondary N) is 1. The van der Waals surface area contributed by atoms with E-state index >= 15 is 0 Å². The summed E-state index contributed by atoms with van der Waals surface area (Å²) in [6, 6.07) is 13.9. The number of carbonyl (C=O) groups excluding carboxylic acids is 2. The lowest BCUT2D eigenvalue weighted by Gasteiger charge is -2.25. The summed E-state index contributed by atoms with van der Waals surface area (Å²) in [5.41, 5.74) is 2.34. The molecule has 2 aliphatic heterocycles. The van der Waals surface area contributed by atoms with Crippen LogP contribution < -0.4 is 10.2 Å². The van der Waals surface area contributed by atoms with Gasteiger partial charge in [0.15, 0.2) is 0 Å². The lowest BCUT2D eigenvalue weighted by molar-refractivity contribution is -0.122. The fourth-order valence-electron chi connectivity index (χ4n) is 4.19. The fourth-order valence-corrected chi connectivity index (χ4v) is 5.71. The molecule has 1 atom stereocenters. The molecule has 31 heavy (non-hydrogen) atoms. The molecule has 4 rings (SSSR count). The number of hydrogen-bond donors (Lipinski definition) is 1. The van der Waals surface area contributed by atoms with Crippen LogP contribution in [0.4, 0.5) is 11.4 Å². The summed E-state index contributed by atoms with van der Waals surface area (Å²) in [4.78, 5) is 27.1. The Morgan fingerprint density at radius 2 is 1.68 bits per heavy atom. The van der Waals surface area contributed by atoms with Gasteiger partial charge in [-0.25, -0.2) is 8.42 Å². The van der Waals surface area contributed by atoms with Crippen LogP contribution in [0, 0.1) is 12.8 Å². The van der Waals surface area contributed by atoms with Gasteiger partial charge in [-0.3, -0.25) is 9.59 Å². The molecule has 2 aromatic rings. The monoisotopic (exact) mass is 441 g/mol. The fraction of sp³-hybridized carbons (Fsp3) is 0.391. The second kappa shape index (κ2) is 8.80. The normalized spacial score (nSPS) is 20.1. The van der Waals surface area contributed by atoms with Crippen LogP contribution in [-0.2, 0) is 19.6 Å². The standard InChI is InChI=1S/C23H27N3O4S/c1-17-7-3-4-8-21(17)26-16-18(15-22(26)27)23(28)24-19-9-11-20(12-10-19)31(29,30)25-13-5-2-6-14-25/h3-4,7-12,18H,2,5-6,13-16H2,1H3,(H,24,28)/t18-/m1/s1. The molecule has 0 saturated carbocycles. The van der Waals surface area contributed by atoms with Crippen molar-refractivity contribution in [3.8, 4) is 0 Å². The zero-order chi connectivity index (χ0) is 22.0. The highest BCUT2D eigenvalue weighted by Gasteiger charge is 2.35. The van der Waals surface area contributed by atoms with Crippen molar-refractivity contribution in [3.63, 3.8) is 0 Å². The second-order valence-corrected chi connectivity index (χ2v) is 10.1. The van der Waals surface area contributed by atoms with Gasteiger partial charge in [-0.05, 0) is 55.7 Å². The molecule has 2 aliphatic rings. The first-order valence-electron chi connectivity index (χ1n) is 10.6. The zero-order valence-corrected chi connectivity index (χ0v) is 18.4. The van der Waals surface area contributed by atoms with Gasteiger partial charge in [0.05, 0.1) is 10.8 Å². The van der Waals surface area contributed by atoms with Crippen molar-refractivity contribution in [1.82, 2.24) is 4.31 Å². The molecule has 0 spiro atoms. The van der Waals surface area contributed by atoms with Crippen LogP contribution in [0.5, 0.6) is 0 Å². The number of aryl methyl sites for hydroxylation is 1.